The maximum absolute atomic E-state index is 10.1. The Bertz CT molecular complexity index is 1030. The van der Waals surface area contributed by atoms with Crippen LogP contribution in [-0.2, 0) is 18.6 Å². The highest BCUT2D eigenvalue weighted by Gasteiger charge is 2.22. The van der Waals surface area contributed by atoms with E-state index < -0.39 is 5.60 Å². The van der Waals surface area contributed by atoms with E-state index in [1.165, 1.54) is 0 Å². The summed E-state index contributed by atoms with van der Waals surface area (Å²) < 4.78 is 0. The molecular weight excluding hydrogens is 388 g/mol. The maximum Gasteiger partial charge on any atom is 0.138 e. The average Bonchev–Trinajstić information content (AvgIpc) is 2.70. The monoisotopic (exact) mass is 410 g/mol. The minimum Gasteiger partial charge on any atom is -0.398 e. The molecule has 1 aromatic carbocycles. The summed E-state index contributed by atoms with van der Waals surface area (Å²) in [5.74, 6) is 1.43. The minimum absolute atomic E-state index is 0.555. The molecule has 3 aromatic rings. The number of pyridine rings is 1. The minimum atomic E-state index is -0.923. The van der Waals surface area contributed by atoms with Gasteiger partial charge < -0.3 is 21.1 Å². The van der Waals surface area contributed by atoms with Gasteiger partial charge in [-0.05, 0) is 44.5 Å². The molecule has 0 saturated carbocycles. The number of fused-ring (bicyclic) bond motifs is 1. The summed E-state index contributed by atoms with van der Waals surface area (Å²) >= 11 is 6.18. The fourth-order valence-corrected chi connectivity index (χ4v) is 3.52. The lowest BCUT2D eigenvalue weighted by Crippen LogP contribution is -2.31. The van der Waals surface area contributed by atoms with E-state index in [0.717, 1.165) is 41.3 Å². The molecule has 0 saturated heterocycles. The molecule has 0 bridgehead atoms. The number of aliphatic hydroxyl groups is 1. The first kappa shape index (κ1) is 19.4. The fraction of sp³-hybridized carbons (Fsp3) is 0.286. The van der Waals surface area contributed by atoms with Crippen LogP contribution in [0.1, 0.15) is 30.7 Å². The van der Waals surface area contributed by atoms with Crippen LogP contribution in [-0.4, -0.2) is 26.6 Å². The Labute approximate surface area is 174 Å². The topological polar surface area (TPSA) is 100 Å². The van der Waals surface area contributed by atoms with Gasteiger partial charge in [0.05, 0.1) is 28.5 Å². The number of rotatable bonds is 4. The highest BCUT2D eigenvalue weighted by atomic mass is 35.5. The van der Waals surface area contributed by atoms with Crippen molar-refractivity contribution in [1.29, 1.82) is 0 Å². The zero-order chi connectivity index (χ0) is 20.6. The Hall–Kier alpha value is -2.90. The van der Waals surface area contributed by atoms with Crippen molar-refractivity contribution in [1.82, 2.24) is 15.0 Å². The number of anilines is 4. The predicted molar refractivity (Wildman–Crippen MR) is 115 cm³/mol. The fourth-order valence-electron chi connectivity index (χ4n) is 3.35. The van der Waals surface area contributed by atoms with E-state index in [9.17, 15) is 5.11 Å². The third-order valence-corrected chi connectivity index (χ3v) is 5.40. The highest BCUT2D eigenvalue weighted by Crippen LogP contribution is 2.31. The number of benzene rings is 1. The van der Waals surface area contributed by atoms with E-state index in [1.807, 2.05) is 30.3 Å². The second kappa shape index (κ2) is 7.50. The quantitative estimate of drug-likeness (QED) is 0.564. The van der Waals surface area contributed by atoms with Gasteiger partial charge in [0.15, 0.2) is 0 Å². The average molecular weight is 411 g/mol. The van der Waals surface area contributed by atoms with Gasteiger partial charge in [0.25, 0.3) is 0 Å². The van der Waals surface area contributed by atoms with E-state index in [-0.39, 0.29) is 0 Å². The number of halogens is 1. The van der Waals surface area contributed by atoms with Gasteiger partial charge in [0.1, 0.15) is 18.0 Å². The molecule has 3 heterocycles. The first-order chi connectivity index (χ1) is 13.8. The van der Waals surface area contributed by atoms with Crippen LogP contribution < -0.4 is 16.0 Å². The number of hydrogen-bond acceptors (Lipinski definition) is 7. The van der Waals surface area contributed by atoms with Crippen molar-refractivity contribution in [2.24, 2.45) is 0 Å². The van der Waals surface area contributed by atoms with E-state index in [4.69, 9.17) is 17.3 Å². The second-order valence-electron chi connectivity index (χ2n) is 7.64. The van der Waals surface area contributed by atoms with Crippen LogP contribution in [0.2, 0.25) is 5.02 Å². The van der Waals surface area contributed by atoms with Crippen LogP contribution in [0.3, 0.4) is 0 Å². The molecule has 7 nitrogen and oxygen atoms in total. The van der Waals surface area contributed by atoms with Gasteiger partial charge in [-0.2, -0.15) is 0 Å². The number of nitrogens with two attached hydrogens (primary N) is 1. The van der Waals surface area contributed by atoms with Crippen molar-refractivity contribution in [3.8, 4) is 0 Å². The molecule has 0 fully saturated rings. The van der Waals surface area contributed by atoms with E-state index in [2.05, 4.69) is 25.2 Å². The van der Waals surface area contributed by atoms with Crippen molar-refractivity contribution in [3.05, 3.63) is 64.7 Å². The summed E-state index contributed by atoms with van der Waals surface area (Å²) in [7, 11) is 0. The number of hydrogen-bond donors (Lipinski definition) is 3. The molecular formula is C21H23ClN6O. The van der Waals surface area contributed by atoms with E-state index in [1.54, 1.807) is 26.4 Å². The van der Waals surface area contributed by atoms with Crippen molar-refractivity contribution in [2.45, 2.75) is 32.4 Å². The molecule has 2 aromatic heterocycles. The maximum atomic E-state index is 10.1. The summed E-state index contributed by atoms with van der Waals surface area (Å²) in [5, 5.41) is 13.9. The van der Waals surface area contributed by atoms with Gasteiger partial charge in [0, 0.05) is 29.6 Å². The summed E-state index contributed by atoms with van der Waals surface area (Å²) in [6.07, 6.45) is 4.02. The largest absolute Gasteiger partial charge is 0.398 e. The molecule has 0 spiro atoms. The molecule has 150 valence electrons. The first-order valence-corrected chi connectivity index (χ1v) is 9.78. The van der Waals surface area contributed by atoms with Crippen LogP contribution in [0.25, 0.3) is 0 Å². The number of nitrogens with zero attached hydrogens (tertiary/aromatic N) is 4. The summed E-state index contributed by atoms with van der Waals surface area (Å²) in [6.45, 7) is 4.95. The third kappa shape index (κ3) is 4.11. The highest BCUT2D eigenvalue weighted by molar-refractivity contribution is 6.33. The first-order valence-electron chi connectivity index (χ1n) is 9.40. The summed E-state index contributed by atoms with van der Waals surface area (Å²) in [5.41, 5.74) is 9.30. The molecule has 1 aliphatic heterocycles. The Kier molecular flexibility index (Phi) is 5.02. The van der Waals surface area contributed by atoms with Crippen LogP contribution in [0.4, 0.5) is 23.0 Å². The van der Waals surface area contributed by atoms with E-state index in [0.29, 0.717) is 23.1 Å². The van der Waals surface area contributed by atoms with Crippen molar-refractivity contribution in [2.75, 3.05) is 22.5 Å². The van der Waals surface area contributed by atoms with Crippen molar-refractivity contribution < 1.29 is 5.11 Å². The van der Waals surface area contributed by atoms with Crippen LogP contribution in [0.15, 0.2) is 42.9 Å². The predicted octanol–water partition coefficient (Wildman–Crippen LogP) is 3.64. The van der Waals surface area contributed by atoms with Crippen LogP contribution in [0.5, 0.6) is 0 Å². The molecule has 29 heavy (non-hydrogen) atoms. The number of aromatic nitrogens is 3. The van der Waals surface area contributed by atoms with Crippen LogP contribution in [0, 0.1) is 0 Å². The van der Waals surface area contributed by atoms with Crippen molar-refractivity contribution in [3.63, 3.8) is 0 Å². The molecule has 1 aliphatic rings. The summed E-state index contributed by atoms with van der Waals surface area (Å²) in [6, 6.07) is 9.38. The molecule has 0 amide bonds. The Balaban J connectivity index is 1.54. The molecule has 0 radical (unpaired) electrons. The zero-order valence-electron chi connectivity index (χ0n) is 16.4. The second-order valence-corrected chi connectivity index (χ2v) is 8.05. The lowest BCUT2D eigenvalue weighted by molar-refractivity contribution is 0.0782. The number of nitrogen functional groups attached to an aromatic ring is 1. The van der Waals surface area contributed by atoms with Gasteiger partial charge in [0.2, 0.25) is 0 Å². The van der Waals surface area contributed by atoms with Gasteiger partial charge in [-0.3, -0.25) is 0 Å². The Morgan fingerprint density at radius 2 is 2.00 bits per heavy atom. The third-order valence-electron chi connectivity index (χ3n) is 5.07. The molecule has 0 aliphatic carbocycles. The molecule has 4 rings (SSSR count). The SMILES string of the molecule is CC(C)(O)c1ccc(Nc2ncnc3c2CCN(c2ccc(N)c(Cl)c2)C3)nc1. The molecule has 0 unspecified atom stereocenters. The zero-order valence-corrected chi connectivity index (χ0v) is 17.1. The number of nitrogens with one attached hydrogen (secondary N) is 1. The van der Waals surface area contributed by atoms with Gasteiger partial charge in [-0.1, -0.05) is 17.7 Å². The molecule has 0 atom stereocenters. The molecule has 8 heteroatoms. The Morgan fingerprint density at radius 1 is 1.17 bits per heavy atom. The van der Waals surface area contributed by atoms with Crippen molar-refractivity contribution >= 4 is 34.6 Å². The molecule has 4 N–H and O–H groups in total. The smallest absolute Gasteiger partial charge is 0.138 e. The lowest BCUT2D eigenvalue weighted by Gasteiger charge is -2.31. The Morgan fingerprint density at radius 3 is 2.69 bits per heavy atom. The van der Waals surface area contributed by atoms with Gasteiger partial charge >= 0.3 is 0 Å². The van der Waals surface area contributed by atoms with Gasteiger partial charge in [-0.15, -0.1) is 0 Å². The van der Waals surface area contributed by atoms with Crippen LogP contribution >= 0.6 is 11.6 Å². The summed E-state index contributed by atoms with van der Waals surface area (Å²) in [4.78, 5) is 15.5. The normalized spacial score (nSPS) is 13.9. The lowest BCUT2D eigenvalue weighted by atomic mass is 10.0. The standard InChI is InChI=1S/C21H23ClN6O/c1-21(2,29)13-3-6-19(24-10-13)27-20-15-7-8-28(11-18(15)25-12-26-20)14-4-5-17(23)16(22)9-14/h3-6,9-10,12,29H,7-8,11,23H2,1-2H3,(H,24,25,26,27). The van der Waals surface area contributed by atoms with Gasteiger partial charge in [-0.25, -0.2) is 15.0 Å². The van der Waals surface area contributed by atoms with E-state index >= 15 is 0 Å².